The summed E-state index contributed by atoms with van der Waals surface area (Å²) >= 11 is 0. The first-order valence-electron chi connectivity index (χ1n) is 6.28. The molecule has 5 heteroatoms. The maximum absolute atomic E-state index is 12.0. The van der Waals surface area contributed by atoms with Crippen LogP contribution in [0.3, 0.4) is 0 Å². The predicted molar refractivity (Wildman–Crippen MR) is 66.7 cm³/mol. The topological polar surface area (TPSA) is 63.4 Å². The minimum absolute atomic E-state index is 0.209. The third-order valence-electron chi connectivity index (χ3n) is 3.38. The van der Waals surface area contributed by atoms with Gasteiger partial charge in [0.2, 0.25) is 10.0 Å². The Morgan fingerprint density at radius 1 is 1.31 bits per heavy atom. The molecule has 1 unspecified atom stereocenters. The minimum Gasteiger partial charge on any atom is -0.330 e. The van der Waals surface area contributed by atoms with Crippen LogP contribution in [0, 0.1) is 5.92 Å². The highest BCUT2D eigenvalue weighted by Crippen LogP contribution is 2.22. The summed E-state index contributed by atoms with van der Waals surface area (Å²) < 4.78 is 25.6. The number of rotatable bonds is 5. The monoisotopic (exact) mass is 248 g/mol. The predicted octanol–water partition coefficient (Wildman–Crippen LogP) is 1.18. The van der Waals surface area contributed by atoms with Crippen LogP contribution >= 0.6 is 0 Å². The number of hydrogen-bond donors (Lipinski definition) is 1. The van der Waals surface area contributed by atoms with E-state index >= 15 is 0 Å². The van der Waals surface area contributed by atoms with Gasteiger partial charge >= 0.3 is 0 Å². The fourth-order valence-electron chi connectivity index (χ4n) is 2.22. The van der Waals surface area contributed by atoms with Crippen molar-refractivity contribution in [3.63, 3.8) is 0 Å². The zero-order valence-corrected chi connectivity index (χ0v) is 11.0. The lowest BCUT2D eigenvalue weighted by molar-refractivity contribution is 0.407. The van der Waals surface area contributed by atoms with Gasteiger partial charge in [0, 0.05) is 13.1 Å². The van der Waals surface area contributed by atoms with Gasteiger partial charge in [-0.2, -0.15) is 0 Å². The normalized spacial score (nSPS) is 24.2. The molecule has 0 bridgehead atoms. The van der Waals surface area contributed by atoms with Crippen molar-refractivity contribution in [1.29, 1.82) is 0 Å². The van der Waals surface area contributed by atoms with Crippen LogP contribution in [0.1, 0.15) is 39.0 Å². The lowest BCUT2D eigenvalue weighted by atomic mass is 9.98. The molecule has 1 aliphatic heterocycles. The van der Waals surface area contributed by atoms with Gasteiger partial charge in [-0.05, 0) is 38.1 Å². The van der Waals surface area contributed by atoms with Gasteiger partial charge in [-0.25, -0.2) is 12.7 Å². The van der Waals surface area contributed by atoms with Crippen LogP contribution in [-0.2, 0) is 10.0 Å². The maximum atomic E-state index is 12.0. The van der Waals surface area contributed by atoms with Gasteiger partial charge in [-0.1, -0.05) is 13.3 Å². The molecule has 1 rings (SSSR count). The number of sulfonamides is 1. The molecule has 2 N–H and O–H groups in total. The van der Waals surface area contributed by atoms with Gasteiger partial charge in [0.1, 0.15) is 0 Å². The summed E-state index contributed by atoms with van der Waals surface area (Å²) in [5.74, 6) is 0.912. The molecular formula is C11H24N2O2S. The maximum Gasteiger partial charge on any atom is 0.214 e. The molecule has 4 nitrogen and oxygen atoms in total. The van der Waals surface area contributed by atoms with Crippen molar-refractivity contribution in [2.45, 2.75) is 39.0 Å². The zero-order valence-electron chi connectivity index (χ0n) is 10.2. The van der Waals surface area contributed by atoms with Crippen LogP contribution in [0.2, 0.25) is 0 Å². The van der Waals surface area contributed by atoms with Gasteiger partial charge in [0.25, 0.3) is 0 Å². The van der Waals surface area contributed by atoms with Crippen LogP contribution in [0.25, 0.3) is 0 Å². The van der Waals surface area contributed by atoms with E-state index in [-0.39, 0.29) is 5.75 Å². The average Bonchev–Trinajstić information content (AvgIpc) is 2.51. The summed E-state index contributed by atoms with van der Waals surface area (Å²) in [6.45, 7) is 4.03. The average molecular weight is 248 g/mol. The van der Waals surface area contributed by atoms with Gasteiger partial charge in [-0.3, -0.25) is 0 Å². The van der Waals surface area contributed by atoms with Gasteiger partial charge in [-0.15, -0.1) is 0 Å². The molecule has 1 aliphatic rings. The smallest absolute Gasteiger partial charge is 0.214 e. The molecule has 0 saturated carbocycles. The highest BCUT2D eigenvalue weighted by atomic mass is 32.2. The van der Waals surface area contributed by atoms with E-state index in [1.807, 2.05) is 0 Å². The molecule has 0 spiro atoms. The number of hydrogen-bond acceptors (Lipinski definition) is 3. The van der Waals surface area contributed by atoms with Crippen molar-refractivity contribution in [3.8, 4) is 0 Å². The summed E-state index contributed by atoms with van der Waals surface area (Å²) in [5.41, 5.74) is 5.36. The summed E-state index contributed by atoms with van der Waals surface area (Å²) in [5, 5.41) is 0. The quantitative estimate of drug-likeness (QED) is 0.794. The number of nitrogens with zero attached hydrogens (tertiary/aromatic N) is 1. The molecule has 0 aliphatic carbocycles. The molecule has 1 saturated heterocycles. The van der Waals surface area contributed by atoms with Crippen molar-refractivity contribution in [1.82, 2.24) is 4.31 Å². The van der Waals surface area contributed by atoms with E-state index in [0.29, 0.717) is 32.0 Å². The number of nitrogens with two attached hydrogens (primary N) is 1. The first-order valence-corrected chi connectivity index (χ1v) is 7.89. The van der Waals surface area contributed by atoms with E-state index in [4.69, 9.17) is 5.73 Å². The Balaban J connectivity index is 2.53. The highest BCUT2D eigenvalue weighted by Gasteiger charge is 2.24. The van der Waals surface area contributed by atoms with Gasteiger partial charge in [0.15, 0.2) is 0 Å². The first-order chi connectivity index (χ1) is 7.60. The Morgan fingerprint density at radius 2 is 2.06 bits per heavy atom. The Labute approximate surface area is 99.2 Å². The molecule has 1 heterocycles. The van der Waals surface area contributed by atoms with E-state index < -0.39 is 10.0 Å². The third-order valence-corrected chi connectivity index (χ3v) is 5.34. The van der Waals surface area contributed by atoms with Gasteiger partial charge < -0.3 is 5.73 Å². The lowest BCUT2D eigenvalue weighted by Crippen LogP contribution is -2.34. The van der Waals surface area contributed by atoms with Crippen LogP contribution in [0.5, 0.6) is 0 Å². The fourth-order valence-corrected chi connectivity index (χ4v) is 3.80. The second-order valence-electron chi connectivity index (χ2n) is 4.56. The Morgan fingerprint density at radius 3 is 2.69 bits per heavy atom. The molecule has 0 aromatic rings. The van der Waals surface area contributed by atoms with Crippen LogP contribution in [0.15, 0.2) is 0 Å². The minimum atomic E-state index is -3.05. The molecule has 0 amide bonds. The van der Waals surface area contributed by atoms with E-state index in [1.165, 1.54) is 6.42 Å². The summed E-state index contributed by atoms with van der Waals surface area (Å²) in [6, 6.07) is 0. The summed E-state index contributed by atoms with van der Waals surface area (Å²) in [4.78, 5) is 0. The van der Waals surface area contributed by atoms with E-state index in [0.717, 1.165) is 19.3 Å². The molecule has 1 atom stereocenters. The van der Waals surface area contributed by atoms with Crippen molar-refractivity contribution in [2.75, 3.05) is 25.4 Å². The summed E-state index contributed by atoms with van der Waals surface area (Å²) in [6.07, 6.45) is 4.91. The van der Waals surface area contributed by atoms with Crippen LogP contribution < -0.4 is 5.73 Å². The van der Waals surface area contributed by atoms with Gasteiger partial charge in [0.05, 0.1) is 5.75 Å². The Bertz CT molecular complexity index is 290. The molecule has 96 valence electrons. The molecule has 0 radical (unpaired) electrons. The van der Waals surface area contributed by atoms with E-state index in [1.54, 1.807) is 4.31 Å². The largest absolute Gasteiger partial charge is 0.330 e. The third kappa shape index (κ3) is 4.03. The SMILES string of the molecule is CCC1CCCN(S(=O)(=O)CCCN)CC1. The van der Waals surface area contributed by atoms with Crippen LogP contribution in [0.4, 0.5) is 0 Å². The van der Waals surface area contributed by atoms with Crippen molar-refractivity contribution in [2.24, 2.45) is 11.7 Å². The highest BCUT2D eigenvalue weighted by molar-refractivity contribution is 7.89. The van der Waals surface area contributed by atoms with Crippen molar-refractivity contribution in [3.05, 3.63) is 0 Å². The van der Waals surface area contributed by atoms with Crippen molar-refractivity contribution >= 4 is 10.0 Å². The second-order valence-corrected chi connectivity index (χ2v) is 6.65. The first kappa shape index (κ1) is 13.9. The Kier molecular flexibility index (Phi) is 5.72. The zero-order chi connectivity index (χ0) is 12.0. The fraction of sp³-hybridized carbons (Fsp3) is 1.00. The second kappa shape index (κ2) is 6.57. The standard InChI is InChI=1S/C11H24N2O2S/c1-2-11-5-3-8-13(9-6-11)16(14,15)10-4-7-12/h11H,2-10,12H2,1H3. The molecule has 0 aromatic carbocycles. The molecular weight excluding hydrogens is 224 g/mol. The summed E-state index contributed by atoms with van der Waals surface area (Å²) in [7, 11) is -3.05. The lowest BCUT2D eigenvalue weighted by Gasteiger charge is -2.19. The Hall–Kier alpha value is -0.130. The van der Waals surface area contributed by atoms with Crippen molar-refractivity contribution < 1.29 is 8.42 Å². The van der Waals surface area contributed by atoms with E-state index in [2.05, 4.69) is 6.92 Å². The molecule has 0 aromatic heterocycles. The van der Waals surface area contributed by atoms with Crippen LogP contribution in [-0.4, -0.2) is 38.1 Å². The molecule has 16 heavy (non-hydrogen) atoms. The van der Waals surface area contributed by atoms with E-state index in [9.17, 15) is 8.42 Å². The molecule has 1 fully saturated rings.